The molecule has 96 valence electrons. The zero-order chi connectivity index (χ0) is 13.2. The van der Waals surface area contributed by atoms with Crippen molar-refractivity contribution in [1.82, 2.24) is 9.55 Å². The lowest BCUT2D eigenvalue weighted by Crippen LogP contribution is -2.12. The van der Waals surface area contributed by atoms with Crippen LogP contribution >= 0.6 is 0 Å². The van der Waals surface area contributed by atoms with E-state index < -0.39 is 0 Å². The summed E-state index contributed by atoms with van der Waals surface area (Å²) in [6.45, 7) is 1.46. The Morgan fingerprint density at radius 2 is 2.32 bits per heavy atom. The number of nitriles is 1. The van der Waals surface area contributed by atoms with Crippen LogP contribution in [0.4, 0.5) is 5.69 Å². The van der Waals surface area contributed by atoms with Crippen LogP contribution in [0.5, 0.6) is 0 Å². The Bertz CT molecular complexity index is 636. The molecular formula is C15H16N4. The molecule has 2 aromatic rings. The van der Waals surface area contributed by atoms with Crippen LogP contribution in [0.15, 0.2) is 30.6 Å². The van der Waals surface area contributed by atoms with E-state index in [2.05, 4.69) is 41.2 Å². The molecule has 0 amide bonds. The zero-order valence-corrected chi connectivity index (χ0v) is 11.0. The first-order chi connectivity index (χ1) is 9.28. The fourth-order valence-corrected chi connectivity index (χ4v) is 2.64. The molecule has 1 aliphatic heterocycles. The highest BCUT2D eigenvalue weighted by atomic mass is 15.1. The van der Waals surface area contributed by atoms with Gasteiger partial charge >= 0.3 is 0 Å². The van der Waals surface area contributed by atoms with E-state index in [1.54, 1.807) is 6.20 Å². The monoisotopic (exact) mass is 252 g/mol. The van der Waals surface area contributed by atoms with Crippen molar-refractivity contribution in [1.29, 1.82) is 5.26 Å². The third kappa shape index (κ3) is 2.19. The molecule has 0 aliphatic carbocycles. The van der Waals surface area contributed by atoms with Crippen LogP contribution in [0.1, 0.15) is 17.0 Å². The quantitative estimate of drug-likeness (QED) is 0.839. The summed E-state index contributed by atoms with van der Waals surface area (Å²) in [6.07, 6.45) is 5.52. The molecule has 0 saturated carbocycles. The molecule has 0 spiro atoms. The number of imidazole rings is 1. The van der Waals surface area contributed by atoms with E-state index in [9.17, 15) is 0 Å². The highest BCUT2D eigenvalue weighted by molar-refractivity contribution is 5.58. The molecule has 0 fully saturated rings. The van der Waals surface area contributed by atoms with Gasteiger partial charge in [0, 0.05) is 38.1 Å². The second-order valence-electron chi connectivity index (χ2n) is 4.94. The Kier molecular flexibility index (Phi) is 2.96. The molecule has 4 heteroatoms. The van der Waals surface area contributed by atoms with Crippen molar-refractivity contribution in [3.63, 3.8) is 0 Å². The molecule has 0 bridgehead atoms. The minimum absolute atomic E-state index is 0.364. The molecule has 0 atom stereocenters. The van der Waals surface area contributed by atoms with Crippen LogP contribution in [0.3, 0.4) is 0 Å². The van der Waals surface area contributed by atoms with Gasteiger partial charge in [0.05, 0.1) is 6.07 Å². The number of nitrogens with zero attached hydrogens (tertiary/aromatic N) is 4. The van der Waals surface area contributed by atoms with Gasteiger partial charge in [0.1, 0.15) is 12.4 Å². The Morgan fingerprint density at radius 1 is 1.42 bits per heavy atom. The summed E-state index contributed by atoms with van der Waals surface area (Å²) < 4.78 is 1.90. The molecule has 1 aromatic carbocycles. The predicted molar refractivity (Wildman–Crippen MR) is 74.1 cm³/mol. The van der Waals surface area contributed by atoms with Gasteiger partial charge in [-0.05, 0) is 23.6 Å². The second-order valence-corrected chi connectivity index (χ2v) is 4.94. The van der Waals surface area contributed by atoms with Crippen LogP contribution in [0, 0.1) is 11.3 Å². The largest absolute Gasteiger partial charge is 0.374 e. The lowest BCUT2D eigenvalue weighted by atomic mass is 10.1. The lowest BCUT2D eigenvalue weighted by Gasteiger charge is -2.12. The summed E-state index contributed by atoms with van der Waals surface area (Å²) in [5.41, 5.74) is 4.02. The Morgan fingerprint density at radius 3 is 3.16 bits per heavy atom. The van der Waals surface area contributed by atoms with Gasteiger partial charge in [0.15, 0.2) is 0 Å². The fourth-order valence-electron chi connectivity index (χ4n) is 2.64. The number of aromatic nitrogens is 2. The predicted octanol–water partition coefficient (Wildman–Crippen LogP) is 1.99. The summed E-state index contributed by atoms with van der Waals surface area (Å²) in [5.74, 6) is 0.952. The van der Waals surface area contributed by atoms with Crippen LogP contribution < -0.4 is 4.90 Å². The standard InChI is InChI=1S/C15H16N4/c1-18-7-4-13-10-12(2-3-14(13)18)11-15-17-6-9-19(15)8-5-16/h2-3,6,9-10H,4,7-8,11H2,1H3. The normalized spacial score (nSPS) is 13.4. The van der Waals surface area contributed by atoms with Crippen molar-refractivity contribution < 1.29 is 0 Å². The molecule has 1 aliphatic rings. The molecule has 4 nitrogen and oxygen atoms in total. The van der Waals surface area contributed by atoms with Gasteiger partial charge in [-0.3, -0.25) is 0 Å². The topological polar surface area (TPSA) is 44.9 Å². The highest BCUT2D eigenvalue weighted by Crippen LogP contribution is 2.27. The number of hydrogen-bond donors (Lipinski definition) is 0. The zero-order valence-electron chi connectivity index (χ0n) is 11.0. The van der Waals surface area contributed by atoms with Crippen LogP contribution in [-0.2, 0) is 19.4 Å². The van der Waals surface area contributed by atoms with Crippen molar-refractivity contribution in [3.05, 3.63) is 47.5 Å². The lowest BCUT2D eigenvalue weighted by molar-refractivity contribution is 0.764. The van der Waals surface area contributed by atoms with Gasteiger partial charge in [-0.25, -0.2) is 4.98 Å². The van der Waals surface area contributed by atoms with Crippen LogP contribution in [-0.4, -0.2) is 23.1 Å². The first kappa shape index (κ1) is 11.8. The number of fused-ring (bicyclic) bond motifs is 1. The van der Waals surface area contributed by atoms with Crippen molar-refractivity contribution >= 4 is 5.69 Å². The molecular weight excluding hydrogens is 236 g/mol. The molecule has 0 unspecified atom stereocenters. The van der Waals surface area contributed by atoms with E-state index in [-0.39, 0.29) is 0 Å². The molecule has 0 saturated heterocycles. The van der Waals surface area contributed by atoms with Gasteiger partial charge in [-0.1, -0.05) is 12.1 Å². The number of rotatable bonds is 3. The maximum Gasteiger partial charge on any atom is 0.113 e. The SMILES string of the molecule is CN1CCc2cc(Cc3nccn3CC#N)ccc21. The Balaban J connectivity index is 1.84. The van der Waals surface area contributed by atoms with Gasteiger partial charge in [-0.15, -0.1) is 0 Å². The average Bonchev–Trinajstić information content (AvgIpc) is 2.98. The van der Waals surface area contributed by atoms with Crippen molar-refractivity contribution in [2.24, 2.45) is 0 Å². The summed E-state index contributed by atoms with van der Waals surface area (Å²) in [4.78, 5) is 6.63. The van der Waals surface area contributed by atoms with E-state index in [0.29, 0.717) is 6.54 Å². The Hall–Kier alpha value is -2.28. The molecule has 0 N–H and O–H groups in total. The summed E-state index contributed by atoms with van der Waals surface area (Å²) in [5, 5.41) is 8.78. The van der Waals surface area contributed by atoms with Gasteiger partial charge in [0.2, 0.25) is 0 Å². The van der Waals surface area contributed by atoms with E-state index in [1.165, 1.54) is 16.8 Å². The highest BCUT2D eigenvalue weighted by Gasteiger charge is 2.16. The molecule has 19 heavy (non-hydrogen) atoms. The van der Waals surface area contributed by atoms with Gasteiger partial charge < -0.3 is 9.47 Å². The van der Waals surface area contributed by atoms with E-state index in [0.717, 1.165) is 25.2 Å². The van der Waals surface area contributed by atoms with Crippen LogP contribution in [0.2, 0.25) is 0 Å². The first-order valence-electron chi connectivity index (χ1n) is 6.48. The van der Waals surface area contributed by atoms with Crippen molar-refractivity contribution in [2.45, 2.75) is 19.4 Å². The second kappa shape index (κ2) is 4.77. The minimum Gasteiger partial charge on any atom is -0.374 e. The minimum atomic E-state index is 0.364. The van der Waals surface area contributed by atoms with Gasteiger partial charge in [0.25, 0.3) is 0 Å². The third-order valence-electron chi connectivity index (χ3n) is 3.68. The maximum absolute atomic E-state index is 8.78. The molecule has 3 rings (SSSR count). The molecule has 1 aromatic heterocycles. The number of likely N-dealkylation sites (N-methyl/N-ethyl adjacent to an activating group) is 1. The Labute approximate surface area is 112 Å². The van der Waals surface area contributed by atoms with Crippen molar-refractivity contribution in [3.8, 4) is 6.07 Å². The summed E-state index contributed by atoms with van der Waals surface area (Å²) >= 11 is 0. The summed E-state index contributed by atoms with van der Waals surface area (Å²) in [6, 6.07) is 8.78. The van der Waals surface area contributed by atoms with Crippen LogP contribution in [0.25, 0.3) is 0 Å². The fraction of sp³-hybridized carbons (Fsp3) is 0.333. The molecule has 0 radical (unpaired) electrons. The number of anilines is 1. The smallest absolute Gasteiger partial charge is 0.113 e. The van der Waals surface area contributed by atoms with Gasteiger partial charge in [-0.2, -0.15) is 5.26 Å². The molecule has 2 heterocycles. The average molecular weight is 252 g/mol. The van der Waals surface area contributed by atoms with E-state index >= 15 is 0 Å². The maximum atomic E-state index is 8.78. The van der Waals surface area contributed by atoms with E-state index in [1.807, 2.05) is 10.8 Å². The number of benzene rings is 1. The number of hydrogen-bond acceptors (Lipinski definition) is 3. The third-order valence-corrected chi connectivity index (χ3v) is 3.68. The van der Waals surface area contributed by atoms with E-state index in [4.69, 9.17) is 5.26 Å². The summed E-state index contributed by atoms with van der Waals surface area (Å²) in [7, 11) is 2.13. The van der Waals surface area contributed by atoms with Crippen molar-refractivity contribution in [2.75, 3.05) is 18.5 Å². The first-order valence-corrected chi connectivity index (χ1v) is 6.48.